The van der Waals surface area contributed by atoms with Gasteiger partial charge >= 0.3 is 0 Å². The number of nitrogen functional groups attached to an aromatic ring is 1. The summed E-state index contributed by atoms with van der Waals surface area (Å²) in [6.07, 6.45) is 5.06. The van der Waals surface area contributed by atoms with Crippen molar-refractivity contribution in [1.29, 1.82) is 0 Å². The Balaban J connectivity index is 1.75. The van der Waals surface area contributed by atoms with Gasteiger partial charge in [0.05, 0.1) is 34.7 Å². The highest BCUT2D eigenvalue weighted by atomic mass is 16.3. The molecule has 2 aromatic rings. The van der Waals surface area contributed by atoms with Gasteiger partial charge in [0.25, 0.3) is 5.56 Å². The first-order valence-corrected chi connectivity index (χ1v) is 7.32. The Morgan fingerprint density at radius 1 is 1.33 bits per heavy atom. The number of aliphatic hydroxyl groups excluding tert-OH is 1. The quantitative estimate of drug-likeness (QED) is 0.640. The third kappa shape index (κ3) is 3.00. The third-order valence-corrected chi connectivity index (χ3v) is 4.21. The number of aromatic nitrogens is 2. The van der Waals surface area contributed by atoms with Crippen LogP contribution in [0.5, 0.6) is 0 Å². The highest BCUT2D eigenvalue weighted by Crippen LogP contribution is 2.27. The molecule has 0 aliphatic heterocycles. The smallest absolute Gasteiger partial charge is 0.258 e. The molecule has 3 rings (SSSR count). The molecule has 21 heavy (non-hydrogen) atoms. The van der Waals surface area contributed by atoms with Crippen molar-refractivity contribution in [2.24, 2.45) is 5.92 Å². The first kappa shape index (κ1) is 13.9. The van der Waals surface area contributed by atoms with Crippen molar-refractivity contribution >= 4 is 22.3 Å². The van der Waals surface area contributed by atoms with E-state index in [1.54, 1.807) is 6.07 Å². The average molecular weight is 288 g/mol. The largest absolute Gasteiger partial charge is 0.397 e. The number of fused-ring (bicyclic) bond motifs is 1. The number of nitrogens with one attached hydrogen (secondary N) is 2. The minimum absolute atomic E-state index is 0.136. The van der Waals surface area contributed by atoms with Gasteiger partial charge in [-0.2, -0.15) is 0 Å². The number of aromatic amines is 1. The zero-order valence-corrected chi connectivity index (χ0v) is 11.8. The molecule has 0 atom stereocenters. The van der Waals surface area contributed by atoms with E-state index in [0.29, 0.717) is 22.5 Å². The minimum atomic E-state index is -0.181. The Bertz CT molecular complexity index is 690. The standard InChI is InChI=1S/C15H20N4O2/c16-12-5-11-13(18-8-19-15(11)21)6-14(12)17-7-9-1-3-10(20)4-2-9/h5-6,8-10,17,20H,1-4,7,16H2,(H,18,19,21). The summed E-state index contributed by atoms with van der Waals surface area (Å²) in [5.74, 6) is 0.552. The van der Waals surface area contributed by atoms with Crippen LogP contribution in [0.4, 0.5) is 11.4 Å². The van der Waals surface area contributed by atoms with Gasteiger partial charge in [-0.1, -0.05) is 0 Å². The van der Waals surface area contributed by atoms with Crippen LogP contribution in [-0.2, 0) is 0 Å². The van der Waals surface area contributed by atoms with E-state index in [2.05, 4.69) is 15.3 Å². The van der Waals surface area contributed by atoms with Gasteiger partial charge in [0.1, 0.15) is 0 Å². The van der Waals surface area contributed by atoms with Crippen molar-refractivity contribution in [2.75, 3.05) is 17.6 Å². The lowest BCUT2D eigenvalue weighted by atomic mass is 9.87. The molecular weight excluding hydrogens is 268 g/mol. The van der Waals surface area contributed by atoms with Crippen LogP contribution in [0, 0.1) is 5.92 Å². The van der Waals surface area contributed by atoms with E-state index < -0.39 is 0 Å². The monoisotopic (exact) mass is 288 g/mol. The second-order valence-corrected chi connectivity index (χ2v) is 5.74. The first-order valence-electron chi connectivity index (χ1n) is 7.32. The molecule has 0 saturated heterocycles. The first-order chi connectivity index (χ1) is 10.1. The summed E-state index contributed by atoms with van der Waals surface area (Å²) >= 11 is 0. The number of benzene rings is 1. The molecule has 1 aliphatic carbocycles. The van der Waals surface area contributed by atoms with Crippen molar-refractivity contribution in [2.45, 2.75) is 31.8 Å². The fraction of sp³-hybridized carbons (Fsp3) is 0.467. The van der Waals surface area contributed by atoms with Crippen molar-refractivity contribution in [3.8, 4) is 0 Å². The van der Waals surface area contributed by atoms with E-state index in [1.165, 1.54) is 6.33 Å². The molecule has 112 valence electrons. The van der Waals surface area contributed by atoms with E-state index in [9.17, 15) is 9.90 Å². The van der Waals surface area contributed by atoms with E-state index >= 15 is 0 Å². The number of aliphatic hydroxyl groups is 1. The highest BCUT2D eigenvalue weighted by Gasteiger charge is 2.19. The maximum atomic E-state index is 11.7. The molecule has 6 heteroatoms. The highest BCUT2D eigenvalue weighted by molar-refractivity contribution is 5.88. The van der Waals surface area contributed by atoms with E-state index in [1.807, 2.05) is 6.07 Å². The van der Waals surface area contributed by atoms with E-state index in [-0.39, 0.29) is 11.7 Å². The van der Waals surface area contributed by atoms with Crippen LogP contribution in [0.2, 0.25) is 0 Å². The molecule has 1 heterocycles. The lowest BCUT2D eigenvalue weighted by Gasteiger charge is -2.26. The summed E-state index contributed by atoms with van der Waals surface area (Å²) in [5.41, 5.74) is 7.83. The third-order valence-electron chi connectivity index (χ3n) is 4.21. The lowest BCUT2D eigenvalue weighted by Crippen LogP contribution is -2.23. The molecule has 0 spiro atoms. The van der Waals surface area contributed by atoms with Crippen LogP contribution in [0.1, 0.15) is 25.7 Å². The van der Waals surface area contributed by atoms with Crippen LogP contribution in [0.15, 0.2) is 23.3 Å². The molecule has 1 aromatic heterocycles. The van der Waals surface area contributed by atoms with Crippen LogP contribution in [0.25, 0.3) is 10.9 Å². The Kier molecular flexibility index (Phi) is 3.79. The van der Waals surface area contributed by atoms with Gasteiger partial charge in [0.2, 0.25) is 0 Å². The number of hydrogen-bond donors (Lipinski definition) is 4. The van der Waals surface area contributed by atoms with Crippen molar-refractivity contribution in [1.82, 2.24) is 9.97 Å². The van der Waals surface area contributed by atoms with E-state index in [4.69, 9.17) is 5.73 Å². The van der Waals surface area contributed by atoms with Crippen molar-refractivity contribution in [3.05, 3.63) is 28.8 Å². The Hall–Kier alpha value is -2.08. The fourth-order valence-corrected chi connectivity index (χ4v) is 2.89. The molecule has 1 aromatic carbocycles. The fourth-order valence-electron chi connectivity index (χ4n) is 2.89. The summed E-state index contributed by atoms with van der Waals surface area (Å²) in [6.45, 7) is 0.825. The summed E-state index contributed by atoms with van der Waals surface area (Å²) in [5, 5.41) is 13.4. The van der Waals surface area contributed by atoms with Gasteiger partial charge < -0.3 is 21.1 Å². The second-order valence-electron chi connectivity index (χ2n) is 5.74. The van der Waals surface area contributed by atoms with E-state index in [0.717, 1.165) is 37.9 Å². The number of nitrogens with two attached hydrogens (primary N) is 1. The SMILES string of the molecule is Nc1cc2c(=O)[nH]cnc2cc1NCC1CCC(O)CC1. The number of H-pyrrole nitrogens is 1. The van der Waals surface area contributed by atoms with Crippen LogP contribution < -0.4 is 16.6 Å². The average Bonchev–Trinajstić information content (AvgIpc) is 2.48. The normalized spacial score (nSPS) is 22.3. The number of anilines is 2. The van der Waals surface area contributed by atoms with Gasteiger partial charge in [0.15, 0.2) is 0 Å². The Morgan fingerprint density at radius 2 is 2.10 bits per heavy atom. The lowest BCUT2D eigenvalue weighted by molar-refractivity contribution is 0.111. The van der Waals surface area contributed by atoms with Gasteiger partial charge in [-0.05, 0) is 43.7 Å². The molecule has 0 amide bonds. The van der Waals surface area contributed by atoms with Crippen LogP contribution >= 0.6 is 0 Å². The molecule has 0 unspecified atom stereocenters. The molecule has 0 bridgehead atoms. The molecule has 6 nitrogen and oxygen atoms in total. The number of hydrogen-bond acceptors (Lipinski definition) is 5. The zero-order chi connectivity index (χ0) is 14.8. The molecule has 1 saturated carbocycles. The number of rotatable bonds is 3. The molecule has 0 radical (unpaired) electrons. The molecule has 1 aliphatic rings. The maximum absolute atomic E-state index is 11.7. The summed E-state index contributed by atoms with van der Waals surface area (Å²) in [6, 6.07) is 3.48. The van der Waals surface area contributed by atoms with Gasteiger partial charge in [0, 0.05) is 6.54 Å². The molecule has 5 N–H and O–H groups in total. The van der Waals surface area contributed by atoms with Crippen molar-refractivity contribution < 1.29 is 5.11 Å². The topological polar surface area (TPSA) is 104 Å². The van der Waals surface area contributed by atoms with Crippen LogP contribution in [0.3, 0.4) is 0 Å². The minimum Gasteiger partial charge on any atom is -0.397 e. The summed E-state index contributed by atoms with van der Waals surface area (Å²) in [7, 11) is 0. The maximum Gasteiger partial charge on any atom is 0.258 e. The predicted octanol–water partition coefficient (Wildman–Crippen LogP) is 1.47. The van der Waals surface area contributed by atoms with Crippen LogP contribution in [-0.4, -0.2) is 27.7 Å². The second kappa shape index (κ2) is 5.73. The Labute approximate surface area is 122 Å². The summed E-state index contributed by atoms with van der Waals surface area (Å²) < 4.78 is 0. The molecular formula is C15H20N4O2. The van der Waals surface area contributed by atoms with Gasteiger partial charge in [-0.15, -0.1) is 0 Å². The van der Waals surface area contributed by atoms with Gasteiger partial charge in [-0.3, -0.25) is 4.79 Å². The van der Waals surface area contributed by atoms with Crippen molar-refractivity contribution in [3.63, 3.8) is 0 Å². The van der Waals surface area contributed by atoms with Gasteiger partial charge in [-0.25, -0.2) is 4.98 Å². The zero-order valence-electron chi connectivity index (χ0n) is 11.8. The summed E-state index contributed by atoms with van der Waals surface area (Å²) in [4.78, 5) is 18.4. The number of nitrogens with zero attached hydrogens (tertiary/aromatic N) is 1. The Morgan fingerprint density at radius 3 is 2.86 bits per heavy atom. The molecule has 1 fully saturated rings. The predicted molar refractivity (Wildman–Crippen MR) is 83.2 cm³/mol.